The summed E-state index contributed by atoms with van der Waals surface area (Å²) in [7, 11) is 0. The van der Waals surface area contributed by atoms with E-state index in [0.717, 1.165) is 61.0 Å². The lowest BCUT2D eigenvalue weighted by atomic mass is 9.89. The number of rotatable bonds is 8. The Balaban J connectivity index is 1.15. The number of benzene rings is 10. The zero-order chi connectivity index (χ0) is 41.5. The highest BCUT2D eigenvalue weighted by Crippen LogP contribution is 2.43. The van der Waals surface area contributed by atoms with Crippen LogP contribution in [0.15, 0.2) is 236 Å². The van der Waals surface area contributed by atoms with Crippen molar-refractivity contribution < 1.29 is 5.48 Å². The van der Waals surface area contributed by atoms with Crippen molar-refractivity contribution in [2.75, 3.05) is 4.90 Å². The first-order chi connectivity index (χ1) is 30.0. The molecule has 0 spiro atoms. The predicted octanol–water partition coefficient (Wildman–Crippen LogP) is 15.8. The molecule has 0 unspecified atom stereocenters. The molecule has 10 aromatic rings. The van der Waals surface area contributed by atoms with E-state index in [0.29, 0.717) is 11.3 Å². The van der Waals surface area contributed by atoms with Crippen molar-refractivity contribution in [3.8, 4) is 55.6 Å². The molecule has 0 saturated carbocycles. The van der Waals surface area contributed by atoms with Crippen molar-refractivity contribution in [2.24, 2.45) is 0 Å². The predicted molar refractivity (Wildman–Crippen MR) is 243 cm³/mol. The molecule has 0 heterocycles. The third-order valence-electron chi connectivity index (χ3n) is 10.7. The smallest absolute Gasteiger partial charge is 0.0645 e. The zero-order valence-corrected chi connectivity index (χ0v) is 31.2. The molecule has 0 aromatic heterocycles. The third kappa shape index (κ3) is 6.56. The van der Waals surface area contributed by atoms with E-state index in [-0.39, 0.29) is 35.4 Å². The van der Waals surface area contributed by atoms with Crippen LogP contribution in [-0.2, 0) is 0 Å². The summed E-state index contributed by atoms with van der Waals surface area (Å²) in [5.74, 6) is 0. The van der Waals surface area contributed by atoms with Gasteiger partial charge < -0.3 is 4.90 Å². The molecule has 0 aliphatic heterocycles. The lowest BCUT2D eigenvalue weighted by Gasteiger charge is -2.27. The van der Waals surface area contributed by atoms with Crippen molar-refractivity contribution in [1.29, 1.82) is 0 Å². The van der Waals surface area contributed by atoms with E-state index < -0.39 is 0 Å². The molecule has 57 heavy (non-hydrogen) atoms. The van der Waals surface area contributed by atoms with Gasteiger partial charge in [-0.3, -0.25) is 0 Å². The van der Waals surface area contributed by atoms with Crippen LogP contribution in [0.5, 0.6) is 0 Å². The minimum absolute atomic E-state index is 0.104. The lowest BCUT2D eigenvalue weighted by Crippen LogP contribution is -2.10. The molecule has 0 fully saturated rings. The van der Waals surface area contributed by atoms with Crippen LogP contribution in [-0.4, -0.2) is 0 Å². The molecular formula is C56H39N. The monoisotopic (exact) mass is 729 g/mol. The maximum atomic E-state index is 9.70. The van der Waals surface area contributed by atoms with Gasteiger partial charge >= 0.3 is 0 Å². The average molecular weight is 730 g/mol. The van der Waals surface area contributed by atoms with Crippen LogP contribution in [0, 0.1) is 0 Å². The van der Waals surface area contributed by atoms with Gasteiger partial charge in [0.25, 0.3) is 0 Å². The number of hydrogen-bond donors (Lipinski definition) is 0. The normalized spacial score (nSPS) is 12.1. The zero-order valence-electron chi connectivity index (χ0n) is 35.2. The van der Waals surface area contributed by atoms with Crippen LogP contribution in [0.1, 0.15) is 5.48 Å². The molecule has 1 heteroatoms. The highest BCUT2D eigenvalue weighted by atomic mass is 15.1. The Morgan fingerprint density at radius 2 is 0.807 bits per heavy atom. The van der Waals surface area contributed by atoms with E-state index in [1.54, 1.807) is 0 Å². The minimum atomic E-state index is -0.123. The molecule has 0 radical (unpaired) electrons. The molecular weight excluding hydrogens is 687 g/mol. The summed E-state index contributed by atoms with van der Waals surface area (Å²) >= 11 is 0. The van der Waals surface area contributed by atoms with Crippen LogP contribution in [0.2, 0.25) is 0 Å². The van der Waals surface area contributed by atoms with Gasteiger partial charge in [-0.1, -0.05) is 200 Å². The molecule has 10 rings (SSSR count). The maximum Gasteiger partial charge on any atom is 0.0645 e. The van der Waals surface area contributed by atoms with E-state index in [1.165, 1.54) is 10.8 Å². The maximum absolute atomic E-state index is 9.70. The Kier molecular flexibility index (Phi) is 7.84. The lowest BCUT2D eigenvalue weighted by molar-refractivity contribution is 1.30. The van der Waals surface area contributed by atoms with Gasteiger partial charge in [0.2, 0.25) is 0 Å². The van der Waals surface area contributed by atoms with Crippen molar-refractivity contribution >= 4 is 38.6 Å². The fourth-order valence-corrected chi connectivity index (χ4v) is 8.00. The number of hydrogen-bond acceptors (Lipinski definition) is 1. The first kappa shape index (κ1) is 29.8. The number of fused-ring (bicyclic) bond motifs is 2. The van der Waals surface area contributed by atoms with Crippen molar-refractivity contribution in [3.05, 3.63) is 236 Å². The van der Waals surface area contributed by atoms with Crippen LogP contribution in [0.4, 0.5) is 17.1 Å². The summed E-state index contributed by atoms with van der Waals surface area (Å²) in [5.41, 5.74) is 11.0. The van der Waals surface area contributed by atoms with Crippen LogP contribution < -0.4 is 4.90 Å². The molecule has 0 aliphatic carbocycles. The standard InChI is InChI=1S/C56H39N/c1-4-15-41(16-5-1)50-37-32-47(39-54(50)43-17-6-2-7-18-43)40-27-33-48(34-28-40)57(55-26-14-23-42-19-10-12-24-51(42)55)49-35-29-45(30-36-49)53-38-31-44-20-11-13-25-52(44)56(53)46-21-8-3-9-22-46/h1-39H/i27D,28D,33D,34D. The first-order valence-electron chi connectivity index (χ1n) is 21.3. The van der Waals surface area contributed by atoms with Crippen molar-refractivity contribution in [3.63, 3.8) is 0 Å². The van der Waals surface area contributed by atoms with Crippen molar-refractivity contribution in [1.82, 2.24) is 0 Å². The van der Waals surface area contributed by atoms with Crippen molar-refractivity contribution in [2.45, 2.75) is 0 Å². The Labute approximate surface area is 340 Å². The van der Waals surface area contributed by atoms with Gasteiger partial charge in [0.05, 0.1) is 11.2 Å². The van der Waals surface area contributed by atoms with Gasteiger partial charge in [-0.25, -0.2) is 0 Å². The largest absolute Gasteiger partial charge is 0.310 e. The molecule has 0 amide bonds. The topological polar surface area (TPSA) is 3.24 Å². The Morgan fingerprint density at radius 1 is 0.298 bits per heavy atom. The Bertz CT molecular complexity index is 3190. The van der Waals surface area contributed by atoms with E-state index in [2.05, 4.69) is 97.1 Å². The molecule has 0 saturated heterocycles. The van der Waals surface area contributed by atoms with Gasteiger partial charge in [0, 0.05) is 16.8 Å². The number of nitrogens with zero attached hydrogens (tertiary/aromatic N) is 1. The van der Waals surface area contributed by atoms with Gasteiger partial charge in [-0.2, -0.15) is 0 Å². The summed E-state index contributed by atoms with van der Waals surface area (Å²) in [6.45, 7) is 0. The van der Waals surface area contributed by atoms with Gasteiger partial charge in [-0.05, 0) is 108 Å². The van der Waals surface area contributed by atoms with E-state index in [9.17, 15) is 5.48 Å². The van der Waals surface area contributed by atoms with Gasteiger partial charge in [0.1, 0.15) is 0 Å². The highest BCUT2D eigenvalue weighted by Gasteiger charge is 2.18. The summed E-state index contributed by atoms with van der Waals surface area (Å²) in [5, 5.41) is 4.27. The summed E-state index contributed by atoms with van der Waals surface area (Å²) in [4.78, 5) is 1.89. The average Bonchev–Trinajstić information content (AvgIpc) is 3.33. The molecule has 1 nitrogen and oxygen atoms in total. The fourth-order valence-electron chi connectivity index (χ4n) is 8.00. The second-order valence-electron chi connectivity index (χ2n) is 14.2. The van der Waals surface area contributed by atoms with E-state index in [4.69, 9.17) is 0 Å². The fraction of sp³-hybridized carbons (Fsp3) is 0. The summed E-state index contributed by atoms with van der Waals surface area (Å²) < 4.78 is 38.6. The second kappa shape index (κ2) is 15.0. The summed E-state index contributed by atoms with van der Waals surface area (Å²) in [6, 6.07) is 71.3. The quantitative estimate of drug-likeness (QED) is 0.151. The van der Waals surface area contributed by atoms with Gasteiger partial charge in [-0.15, -0.1) is 0 Å². The Morgan fingerprint density at radius 3 is 1.49 bits per heavy atom. The molecule has 10 aromatic carbocycles. The highest BCUT2D eigenvalue weighted by molar-refractivity contribution is 6.04. The second-order valence-corrected chi connectivity index (χ2v) is 14.2. The van der Waals surface area contributed by atoms with Crippen LogP contribution >= 0.6 is 0 Å². The first-order valence-corrected chi connectivity index (χ1v) is 19.3. The number of anilines is 3. The molecule has 0 N–H and O–H groups in total. The molecule has 0 atom stereocenters. The van der Waals surface area contributed by atoms with Gasteiger partial charge in [0.15, 0.2) is 0 Å². The Hall–Kier alpha value is -7.48. The molecule has 0 bridgehead atoms. The minimum Gasteiger partial charge on any atom is -0.310 e. The van der Waals surface area contributed by atoms with Crippen LogP contribution in [0.3, 0.4) is 0 Å². The summed E-state index contributed by atoms with van der Waals surface area (Å²) in [6.07, 6.45) is 0. The molecule has 268 valence electrons. The SMILES string of the molecule is [2H]c1c([2H])c(N(c2ccc(-c3ccc4ccccc4c3-c3ccccc3)cc2)c2cccc3ccccc23)c([2H])c([2H])c1-c1ccc(-c2ccccc2)c(-c2ccccc2)c1. The third-order valence-corrected chi connectivity index (χ3v) is 10.7. The van der Waals surface area contributed by atoms with E-state index in [1.807, 2.05) is 120 Å². The van der Waals surface area contributed by atoms with Crippen LogP contribution in [0.25, 0.3) is 77.2 Å². The van der Waals surface area contributed by atoms with E-state index >= 15 is 0 Å². The molecule has 0 aliphatic rings.